The van der Waals surface area contributed by atoms with E-state index in [0.717, 1.165) is 5.56 Å². The molecule has 1 N–H and O–H groups in total. The fraction of sp³-hybridized carbons (Fsp3) is 0.417. The van der Waals surface area contributed by atoms with E-state index in [4.69, 9.17) is 25.8 Å². The van der Waals surface area contributed by atoms with Crippen LogP contribution in [0, 0.1) is 0 Å². The second-order valence-electron chi connectivity index (χ2n) is 8.40. The Morgan fingerprint density at radius 2 is 1.53 bits per heavy atom. The van der Waals surface area contributed by atoms with Gasteiger partial charge in [-0.15, -0.1) is 0 Å². The van der Waals surface area contributed by atoms with Gasteiger partial charge in [0.25, 0.3) is 5.91 Å². The summed E-state index contributed by atoms with van der Waals surface area (Å²) in [4.78, 5) is 27.4. The summed E-state index contributed by atoms with van der Waals surface area (Å²) >= 11 is 5.98. The van der Waals surface area contributed by atoms with Gasteiger partial charge in [0.05, 0.1) is 14.2 Å². The third kappa shape index (κ3) is 7.64. The van der Waals surface area contributed by atoms with Crippen molar-refractivity contribution in [1.82, 2.24) is 10.2 Å². The number of amides is 2. The van der Waals surface area contributed by atoms with Crippen molar-refractivity contribution < 1.29 is 23.8 Å². The molecule has 0 aliphatic carbocycles. The van der Waals surface area contributed by atoms with E-state index < -0.39 is 11.6 Å². The number of methoxy groups -OCH3 is 2. The van der Waals surface area contributed by atoms with Crippen LogP contribution < -0.4 is 19.5 Å². The fourth-order valence-corrected chi connectivity index (χ4v) is 3.06. The Bertz CT molecular complexity index is 903. The van der Waals surface area contributed by atoms with Crippen molar-refractivity contribution in [3.63, 3.8) is 0 Å². The third-order valence-corrected chi connectivity index (χ3v) is 4.87. The van der Waals surface area contributed by atoms with Crippen LogP contribution in [0.3, 0.4) is 0 Å². The molecule has 32 heavy (non-hydrogen) atoms. The van der Waals surface area contributed by atoms with Crippen LogP contribution in [0.4, 0.5) is 0 Å². The molecule has 0 radical (unpaired) electrons. The molecule has 0 saturated carbocycles. The molecule has 0 aromatic heterocycles. The van der Waals surface area contributed by atoms with Gasteiger partial charge in [-0.25, -0.2) is 0 Å². The Balaban J connectivity index is 2.20. The zero-order valence-electron chi connectivity index (χ0n) is 19.4. The summed E-state index contributed by atoms with van der Waals surface area (Å²) in [5, 5.41) is 3.52. The molecule has 2 aromatic carbocycles. The molecule has 7 nitrogen and oxygen atoms in total. The Morgan fingerprint density at radius 3 is 2.03 bits per heavy atom. The van der Waals surface area contributed by atoms with Crippen LogP contribution in [0.2, 0.25) is 5.02 Å². The van der Waals surface area contributed by atoms with E-state index in [1.54, 1.807) is 37.3 Å². The van der Waals surface area contributed by atoms with Crippen molar-refractivity contribution in [2.24, 2.45) is 0 Å². The minimum absolute atomic E-state index is 0.236. The van der Waals surface area contributed by atoms with E-state index >= 15 is 0 Å². The van der Waals surface area contributed by atoms with Crippen LogP contribution in [0.25, 0.3) is 0 Å². The van der Waals surface area contributed by atoms with Gasteiger partial charge in [-0.2, -0.15) is 0 Å². The molecule has 2 amide bonds. The minimum Gasteiger partial charge on any atom is -0.496 e. The molecule has 0 aliphatic rings. The average molecular weight is 463 g/mol. The van der Waals surface area contributed by atoms with Crippen LogP contribution in [0.1, 0.15) is 33.3 Å². The van der Waals surface area contributed by atoms with Gasteiger partial charge in [-0.3, -0.25) is 9.59 Å². The first kappa shape index (κ1) is 25.3. The Morgan fingerprint density at radius 1 is 1.00 bits per heavy atom. The lowest BCUT2D eigenvalue weighted by Crippen LogP contribution is -2.53. The molecule has 0 bridgehead atoms. The molecule has 0 unspecified atom stereocenters. The standard InChI is InChI=1S/C24H31ClN2O5/c1-16(23(29)26-24(2,3)4)27(14-17-7-9-18(25)10-8-17)22(28)15-32-21-12-19(30-5)11-20(13-21)31-6/h7-13,16H,14-15H2,1-6H3,(H,26,29)/t16-/m0/s1. The highest BCUT2D eigenvalue weighted by Gasteiger charge is 2.28. The summed E-state index contributed by atoms with van der Waals surface area (Å²) in [7, 11) is 3.07. The zero-order valence-corrected chi connectivity index (χ0v) is 20.2. The summed E-state index contributed by atoms with van der Waals surface area (Å²) < 4.78 is 16.2. The van der Waals surface area contributed by atoms with E-state index in [9.17, 15) is 9.59 Å². The fourth-order valence-electron chi connectivity index (χ4n) is 2.94. The van der Waals surface area contributed by atoms with Gasteiger partial charge in [0.1, 0.15) is 23.3 Å². The second-order valence-corrected chi connectivity index (χ2v) is 8.84. The van der Waals surface area contributed by atoms with Crippen LogP contribution >= 0.6 is 11.6 Å². The maximum absolute atomic E-state index is 13.1. The number of carbonyl (C=O) groups excluding carboxylic acids is 2. The lowest BCUT2D eigenvalue weighted by molar-refractivity contribution is -0.142. The number of halogens is 1. The van der Waals surface area contributed by atoms with Crippen LogP contribution in [0.5, 0.6) is 17.2 Å². The van der Waals surface area contributed by atoms with Gasteiger partial charge in [-0.05, 0) is 45.4 Å². The summed E-state index contributed by atoms with van der Waals surface area (Å²) in [5.74, 6) is 0.930. The van der Waals surface area contributed by atoms with Gasteiger partial charge in [0, 0.05) is 35.3 Å². The summed E-state index contributed by atoms with van der Waals surface area (Å²) in [6.07, 6.45) is 0. The molecule has 2 rings (SSSR count). The maximum atomic E-state index is 13.1. The SMILES string of the molecule is COc1cc(OC)cc(OCC(=O)N(Cc2ccc(Cl)cc2)[C@@H](C)C(=O)NC(C)(C)C)c1. The van der Waals surface area contributed by atoms with Gasteiger partial charge >= 0.3 is 0 Å². The van der Waals surface area contributed by atoms with Gasteiger partial charge in [0.2, 0.25) is 5.91 Å². The first-order valence-corrected chi connectivity index (χ1v) is 10.6. The molecule has 0 heterocycles. The molecule has 0 aliphatic heterocycles. The van der Waals surface area contributed by atoms with Gasteiger partial charge < -0.3 is 24.4 Å². The lowest BCUT2D eigenvalue weighted by atomic mass is 10.1. The second kappa shape index (κ2) is 11.1. The summed E-state index contributed by atoms with van der Waals surface area (Å²) in [6, 6.07) is 11.5. The highest BCUT2D eigenvalue weighted by atomic mass is 35.5. The van der Waals surface area contributed by atoms with Crippen molar-refractivity contribution in [3.05, 3.63) is 53.1 Å². The van der Waals surface area contributed by atoms with Crippen molar-refractivity contribution in [2.75, 3.05) is 20.8 Å². The van der Waals surface area contributed by atoms with E-state index in [1.165, 1.54) is 19.1 Å². The molecule has 8 heteroatoms. The van der Waals surface area contributed by atoms with E-state index in [0.29, 0.717) is 22.3 Å². The maximum Gasteiger partial charge on any atom is 0.261 e. The minimum atomic E-state index is -0.708. The molecule has 1 atom stereocenters. The number of benzene rings is 2. The number of nitrogens with zero attached hydrogens (tertiary/aromatic N) is 1. The first-order chi connectivity index (χ1) is 15.0. The first-order valence-electron chi connectivity index (χ1n) is 10.2. The van der Waals surface area contributed by atoms with Crippen LogP contribution in [-0.4, -0.2) is 49.1 Å². The number of carbonyl (C=O) groups is 2. The highest BCUT2D eigenvalue weighted by molar-refractivity contribution is 6.30. The lowest BCUT2D eigenvalue weighted by Gasteiger charge is -2.31. The summed E-state index contributed by atoms with van der Waals surface area (Å²) in [5.41, 5.74) is 0.426. The van der Waals surface area contributed by atoms with Crippen LogP contribution in [-0.2, 0) is 16.1 Å². The molecular weight excluding hydrogens is 432 g/mol. The smallest absolute Gasteiger partial charge is 0.261 e. The monoisotopic (exact) mass is 462 g/mol. The Hall–Kier alpha value is -2.93. The van der Waals surface area contributed by atoms with Crippen LogP contribution in [0.15, 0.2) is 42.5 Å². The van der Waals surface area contributed by atoms with Gasteiger partial charge in [-0.1, -0.05) is 23.7 Å². The summed E-state index contributed by atoms with van der Waals surface area (Å²) in [6.45, 7) is 7.35. The van der Waals surface area contributed by atoms with Crippen molar-refractivity contribution >= 4 is 23.4 Å². The predicted octanol–water partition coefficient (Wildman–Crippen LogP) is 4.07. The Kier molecular flexibility index (Phi) is 8.78. The number of rotatable bonds is 9. The normalized spacial score (nSPS) is 12.0. The molecule has 2 aromatic rings. The van der Waals surface area contributed by atoms with E-state index in [2.05, 4.69) is 5.32 Å². The topological polar surface area (TPSA) is 77.1 Å². The predicted molar refractivity (Wildman–Crippen MR) is 124 cm³/mol. The molecule has 0 fully saturated rings. The molecular formula is C24H31ClN2O5. The van der Waals surface area contributed by atoms with E-state index in [-0.39, 0.29) is 25.0 Å². The highest BCUT2D eigenvalue weighted by Crippen LogP contribution is 2.27. The van der Waals surface area contributed by atoms with Crippen molar-refractivity contribution in [2.45, 2.75) is 45.8 Å². The van der Waals surface area contributed by atoms with Gasteiger partial charge in [0.15, 0.2) is 6.61 Å². The van der Waals surface area contributed by atoms with E-state index in [1.807, 2.05) is 32.9 Å². The third-order valence-electron chi connectivity index (χ3n) is 4.62. The van der Waals surface area contributed by atoms with Crippen molar-refractivity contribution in [1.29, 1.82) is 0 Å². The number of hydrogen-bond donors (Lipinski definition) is 1. The Labute approximate surface area is 194 Å². The zero-order chi connectivity index (χ0) is 23.9. The number of ether oxygens (including phenoxy) is 3. The molecule has 0 spiro atoms. The average Bonchev–Trinajstić information content (AvgIpc) is 2.75. The molecule has 0 saturated heterocycles. The largest absolute Gasteiger partial charge is 0.496 e. The molecule has 174 valence electrons. The number of hydrogen-bond acceptors (Lipinski definition) is 5. The quantitative estimate of drug-likeness (QED) is 0.607. The van der Waals surface area contributed by atoms with Crippen molar-refractivity contribution in [3.8, 4) is 17.2 Å². The number of nitrogens with one attached hydrogen (secondary N) is 1.